The Morgan fingerprint density at radius 2 is 0.616 bits per heavy atom. The molecule has 62 heteroatoms. The number of carboxylic acids is 2. The third-order valence-electron chi connectivity index (χ3n) is 24.8. The molecule has 0 radical (unpaired) electrons. The van der Waals surface area contributed by atoms with Gasteiger partial charge in [-0.05, 0) is 0 Å². The van der Waals surface area contributed by atoms with Crippen molar-refractivity contribution in [2.75, 3.05) is 66.1 Å². The topological polar surface area (TPSA) is 982 Å². The van der Waals surface area contributed by atoms with Gasteiger partial charge in [0.1, 0.15) is 232 Å². The summed E-state index contributed by atoms with van der Waals surface area (Å²) in [6.45, 7) is -7.80. The van der Waals surface area contributed by atoms with E-state index in [1.165, 1.54) is 0 Å². The molecule has 10 fully saturated rings. The van der Waals surface area contributed by atoms with Gasteiger partial charge < -0.3 is 275 Å². The summed E-state index contributed by atoms with van der Waals surface area (Å²) >= 11 is 0. The van der Waals surface area contributed by atoms with Crippen LogP contribution in [0.2, 0.25) is 0 Å². The van der Waals surface area contributed by atoms with Crippen LogP contribution in [0.15, 0.2) is 0 Å². The van der Waals surface area contributed by atoms with Crippen LogP contribution in [0.5, 0.6) is 0 Å². The van der Waals surface area contributed by atoms with Gasteiger partial charge in [0.25, 0.3) is 11.6 Å². The first-order chi connectivity index (χ1) is 64.9. The molecule has 36 N–H and O–H groups in total. The van der Waals surface area contributed by atoms with Crippen LogP contribution in [-0.2, 0) is 124 Å². The summed E-state index contributed by atoms with van der Waals surface area (Å²) in [5.74, 6) is -15.4. The van der Waals surface area contributed by atoms with E-state index in [0.717, 1.165) is 34.6 Å². The van der Waals surface area contributed by atoms with Crippen molar-refractivity contribution < 1.29 is 282 Å². The summed E-state index contributed by atoms with van der Waals surface area (Å²) in [4.78, 5) is 89.5. The molecule has 0 aliphatic carbocycles. The van der Waals surface area contributed by atoms with Crippen molar-refractivity contribution in [3.8, 4) is 0 Å². The van der Waals surface area contributed by atoms with Gasteiger partial charge in [-0.3, -0.25) is 24.0 Å². The van der Waals surface area contributed by atoms with Crippen LogP contribution in [0, 0.1) is 0 Å². The molecule has 52 atom stereocenters. The number of rotatable bonds is 39. The zero-order valence-electron chi connectivity index (χ0n) is 73.8. The van der Waals surface area contributed by atoms with Crippen molar-refractivity contribution in [2.45, 2.75) is 365 Å². The van der Waals surface area contributed by atoms with Crippen molar-refractivity contribution in [3.63, 3.8) is 0 Å². The number of carbonyl (C=O) groups excluding carboxylic acids is 5. The maximum Gasteiger partial charge on any atom is 0.364 e. The van der Waals surface area contributed by atoms with Crippen molar-refractivity contribution in [2.24, 2.45) is 0 Å². The Bertz CT molecular complexity index is 3930. The quantitative estimate of drug-likeness (QED) is 0.0272. The number of aliphatic carboxylic acids is 2. The van der Waals surface area contributed by atoms with E-state index >= 15 is 0 Å². The minimum Gasteiger partial charge on any atom is -0.477 e. The van der Waals surface area contributed by atoms with Crippen LogP contribution >= 0.6 is 0 Å². The second-order valence-electron chi connectivity index (χ2n) is 34.6. The Balaban J connectivity index is 0.920. The van der Waals surface area contributed by atoms with Gasteiger partial charge in [-0.15, -0.1) is 0 Å². The number of hydrogen-bond acceptors (Lipinski definition) is 55. The number of amides is 5. The van der Waals surface area contributed by atoms with Crippen molar-refractivity contribution >= 4 is 41.5 Å². The van der Waals surface area contributed by atoms with Gasteiger partial charge in [0.15, 0.2) is 50.3 Å². The number of aliphatic hydroxyl groups is 29. The Morgan fingerprint density at radius 3 is 1.04 bits per heavy atom. The van der Waals surface area contributed by atoms with E-state index in [1.54, 1.807) is 0 Å². The molecule has 0 aromatic heterocycles. The molecule has 796 valence electrons. The first-order valence-electron chi connectivity index (χ1n) is 43.4. The molecule has 5 amide bonds. The predicted molar refractivity (Wildman–Crippen MR) is 422 cm³/mol. The molecule has 0 aromatic carbocycles. The highest BCUT2D eigenvalue weighted by Crippen LogP contribution is 2.44. The van der Waals surface area contributed by atoms with Crippen LogP contribution in [0.3, 0.4) is 0 Å². The van der Waals surface area contributed by atoms with Gasteiger partial charge in [0.2, 0.25) is 29.5 Å². The van der Waals surface area contributed by atoms with Crippen molar-refractivity contribution in [1.82, 2.24) is 26.6 Å². The van der Waals surface area contributed by atoms with Gasteiger partial charge in [-0.2, -0.15) is 0 Å². The lowest BCUT2D eigenvalue weighted by Gasteiger charge is -2.51. The lowest BCUT2D eigenvalue weighted by molar-refractivity contribution is -0.398. The van der Waals surface area contributed by atoms with Crippen LogP contribution < -0.4 is 26.6 Å². The van der Waals surface area contributed by atoms with Crippen molar-refractivity contribution in [1.29, 1.82) is 0 Å². The summed E-state index contributed by atoms with van der Waals surface area (Å²) in [5, 5.41) is 358. The fraction of sp³-hybridized carbons (Fsp3) is 0.908. The van der Waals surface area contributed by atoms with Gasteiger partial charge in [-0.1, -0.05) is 0 Å². The van der Waals surface area contributed by atoms with E-state index in [2.05, 4.69) is 26.6 Å². The molecule has 0 spiro atoms. The molecular formula is C76H125N5O57. The second-order valence-corrected chi connectivity index (χ2v) is 34.6. The lowest BCUT2D eigenvalue weighted by Crippen LogP contribution is -2.71. The molecular weight excluding hydrogens is 1890 g/mol. The van der Waals surface area contributed by atoms with Crippen LogP contribution in [0.4, 0.5) is 0 Å². The molecule has 10 aliphatic heterocycles. The standard InChI is InChI=1S/C76H125N5O57/c1-18(90)77-35-23(95)6-75(73(116)117,136-59(35)40(99)25(97)8-82)121-17-34-44(103)50(109)53(112)68(129-34)130-57-31(14-88)127-67(39(48(57)107)81-22(5)94)135-64-52(111)43(102)28(11-85)125-72(64)133-61-46(105)33(128-69(54(61)113)131-56-30(13-87)122-65(115)37(47(56)106)79-20(3)92)16-120-71-63(51(110)42(101)27(10-84)124-71)134-66-38(80-21(4)93)49(108)58(32(15-89)126-66)132-70-55(114)62(45(104)29(12-86)123-70)138-76(74(118)119)7-24(96)36(78-19(2)91)60(137-76)41(100)26(98)9-83/h23-72,82-89,95-115H,6-17H2,1-5H3,(H,77,90)(H,78,91)(H,79,92)(H,80,93)(H,81,94)(H,116,117)(H,118,119)/t23-,24-,25+,26+,27+,28+,29+,30+,31+,32+,33+,34+,35+,36+,37+,38+,39+,40+,41+,42+,43+,44-,45-,46+,47+,48+,49+,50-,51-,52-,53+,54-,55+,56+,57+,58+,59+,60+,61-,62-,63-,64-,65?,66-,67-,68-,69+,70-,71+,72-,75+,76-/m0/s1. The average Bonchev–Trinajstić information content (AvgIpc) is 0.748. The smallest absolute Gasteiger partial charge is 0.364 e. The molecule has 10 saturated heterocycles. The summed E-state index contributed by atoms with van der Waals surface area (Å²) in [5.41, 5.74) is 0. The molecule has 0 bridgehead atoms. The Hall–Kier alpha value is -5.63. The van der Waals surface area contributed by atoms with E-state index in [-0.39, 0.29) is 0 Å². The maximum absolute atomic E-state index is 13.3. The number of carbonyl (C=O) groups is 7. The molecule has 10 aliphatic rings. The number of carboxylic acid groups (broad SMARTS) is 2. The monoisotopic (exact) mass is 2020 g/mol. The largest absolute Gasteiger partial charge is 0.477 e. The Labute approximate surface area is 779 Å². The highest BCUT2D eigenvalue weighted by atomic mass is 16.8. The van der Waals surface area contributed by atoms with E-state index in [1.807, 2.05) is 0 Å². The normalized spacial score (nSPS) is 46.2. The number of ether oxygens (including phenoxy) is 19. The summed E-state index contributed by atoms with van der Waals surface area (Å²) in [6.07, 6.45) is -104. The third kappa shape index (κ3) is 25.2. The van der Waals surface area contributed by atoms with Crippen LogP contribution in [0.25, 0.3) is 0 Å². The number of aliphatic hydroxyl groups excluding tert-OH is 29. The molecule has 1 unspecified atom stereocenters. The molecule has 10 heterocycles. The van der Waals surface area contributed by atoms with Gasteiger partial charge in [-0.25, -0.2) is 9.59 Å². The predicted octanol–water partition coefficient (Wildman–Crippen LogP) is -23.7. The summed E-state index contributed by atoms with van der Waals surface area (Å²) in [7, 11) is 0. The first kappa shape index (κ1) is 114. The van der Waals surface area contributed by atoms with E-state index in [4.69, 9.17) is 90.0 Å². The van der Waals surface area contributed by atoms with Crippen molar-refractivity contribution in [3.05, 3.63) is 0 Å². The fourth-order valence-electron chi connectivity index (χ4n) is 17.6. The van der Waals surface area contributed by atoms with E-state index < -0.39 is 438 Å². The van der Waals surface area contributed by atoms with Crippen LogP contribution in [0.1, 0.15) is 47.5 Å². The van der Waals surface area contributed by atoms with Gasteiger partial charge in [0, 0.05) is 47.5 Å². The third-order valence-corrected chi connectivity index (χ3v) is 24.8. The average molecular weight is 2020 g/mol. The second kappa shape index (κ2) is 49.0. The minimum atomic E-state index is -3.32. The Morgan fingerprint density at radius 1 is 0.304 bits per heavy atom. The maximum atomic E-state index is 13.3. The fourth-order valence-corrected chi connectivity index (χ4v) is 17.6. The molecule has 0 aromatic rings. The number of hydrogen-bond donors (Lipinski definition) is 36. The van der Waals surface area contributed by atoms with E-state index in [9.17, 15) is 192 Å². The zero-order chi connectivity index (χ0) is 102. The Kier molecular flexibility index (Phi) is 40.6. The first-order valence-corrected chi connectivity index (χ1v) is 43.4. The molecule has 0 saturated carbocycles. The van der Waals surface area contributed by atoms with Gasteiger partial charge in [0.05, 0.1) is 90.4 Å². The lowest BCUT2D eigenvalue weighted by atomic mass is 9.88. The molecule has 138 heavy (non-hydrogen) atoms. The number of nitrogens with one attached hydrogen (secondary N) is 5. The highest BCUT2D eigenvalue weighted by Gasteiger charge is 2.65. The summed E-state index contributed by atoms with van der Waals surface area (Å²) in [6, 6.07) is -9.52. The molecule has 62 nitrogen and oxygen atoms in total. The molecule has 10 rings (SSSR count). The summed E-state index contributed by atoms with van der Waals surface area (Å²) < 4.78 is 112. The highest BCUT2D eigenvalue weighted by molar-refractivity contribution is 5.78. The van der Waals surface area contributed by atoms with Crippen LogP contribution in [-0.4, -0.2) is 584 Å². The SMILES string of the molecule is CC(=O)N[C@H]1[C@H](O[C@@H]2[C@H](O[C@@H]3[C@H](O)[C@@H](O[C@H]4[C@H](O)[C@@H](NC(C)=O)C(O)O[C@@H]4CO)O[C@H](CO[C@@H]4O[C@H](CO)[C@@H](O)[C@H](O)[C@@H]4O[C@@H]4O[C@H](CO)[C@@H](O[C@@H]5O[C@H](CO)[C@H](O)[C@H](O[C@]6(C(=O)O)C[C@H](O)[C@@H](NC(C)=O)[C@H]([C@H](O)[C@H](O)CO)O6)[C@H]5O)[C@H](O)[C@H]4NC(C)=O)[C@H]3O)O[C@H](CO)[C@@H](O)[C@@H]2O)O[C@H](CO)[C@@H](O[C@@H]2O[C@H](CO[C@]3(C(=O)O)C[C@H](O)[C@@H](NC(C)=O)[C@H]([C@H](O)[C@H](O)CO)O3)[C@H](O)[C@H](O)[C@H]2O)[C@@H]1O. The van der Waals surface area contributed by atoms with E-state index in [0.29, 0.717) is 0 Å². The van der Waals surface area contributed by atoms with Gasteiger partial charge >= 0.3 is 11.9 Å². The zero-order valence-corrected chi connectivity index (χ0v) is 73.8. The minimum absolute atomic E-state index is 0.855.